The second-order valence-electron chi connectivity index (χ2n) is 36.8. The highest BCUT2D eigenvalue weighted by Crippen LogP contribution is 2.90. The van der Waals surface area contributed by atoms with Crippen LogP contribution in [-0.2, 0) is 122 Å². The fourth-order valence-electron chi connectivity index (χ4n) is 29.4. The van der Waals surface area contributed by atoms with Crippen LogP contribution in [-0.4, -0.2) is 206 Å². The number of fused-ring (bicyclic) bond motifs is 1. The maximum absolute atomic E-state index is 16.6. The molecule has 3 aliphatic heterocycles. The van der Waals surface area contributed by atoms with E-state index in [0.29, 0.717) is 120 Å². The predicted molar refractivity (Wildman–Crippen MR) is 438 cm³/mol. The first kappa shape index (κ1) is 73.3. The quantitative estimate of drug-likeness (QED) is 0.0122. The van der Waals surface area contributed by atoms with Gasteiger partial charge in [0.05, 0.1) is 34.1 Å². The van der Waals surface area contributed by atoms with Gasteiger partial charge in [-0.2, -0.15) is 0 Å². The highest BCUT2D eigenvalue weighted by molar-refractivity contribution is 6.34. The highest BCUT2D eigenvalue weighted by atomic mass is 16.6. The van der Waals surface area contributed by atoms with Crippen molar-refractivity contribution in [3.8, 4) is 16.9 Å². The first-order valence-electron chi connectivity index (χ1n) is 42.1. The van der Waals surface area contributed by atoms with Crippen LogP contribution in [0.25, 0.3) is 128 Å². The van der Waals surface area contributed by atoms with Crippen LogP contribution in [0.4, 0.5) is 0 Å². The summed E-state index contributed by atoms with van der Waals surface area (Å²) in [7, 11) is 0. The summed E-state index contributed by atoms with van der Waals surface area (Å²) in [6.07, 6.45) is 11.3. The number of esters is 5. The number of carboxylic acid groups (broad SMARTS) is 8. The zero-order valence-corrected chi connectivity index (χ0v) is 66.9. The van der Waals surface area contributed by atoms with Crippen LogP contribution in [0.15, 0.2) is 101 Å². The van der Waals surface area contributed by atoms with Gasteiger partial charge in [0.1, 0.15) is 64.9 Å². The average molecular weight is 1770 g/mol. The molecule has 9 N–H and O–H groups in total. The minimum atomic E-state index is -2.51. The van der Waals surface area contributed by atoms with E-state index in [0.717, 1.165) is 0 Å². The van der Waals surface area contributed by atoms with Crippen molar-refractivity contribution in [1.82, 2.24) is 0 Å². The molecule has 646 valence electrons. The number of benzene rings is 9. The fourth-order valence-corrected chi connectivity index (χ4v) is 29.4. The molecule has 9 aromatic carbocycles. The number of carboxylic acids is 8. The van der Waals surface area contributed by atoms with E-state index in [4.69, 9.17) is 56.8 Å². The molecule has 14 unspecified atom stereocenters. The molecule has 0 amide bonds. The fraction of sp³-hybridized carbons (Fsp3) is 0.235. The minimum Gasteiger partial charge on any atom is -0.481 e. The number of aliphatic hydroxyl groups excluding tert-OH is 1. The lowest BCUT2D eigenvalue weighted by Gasteiger charge is -2.80. The Labute approximate surface area is 729 Å². The molecule has 21 aliphatic rings. The molecule has 18 aliphatic carbocycles. The van der Waals surface area contributed by atoms with E-state index in [9.17, 15) is 93.9 Å². The normalized spacial score (nSPS) is 29.3. The zero-order valence-electron chi connectivity index (χ0n) is 66.9. The topological polar surface area (TPSA) is 521 Å². The summed E-state index contributed by atoms with van der Waals surface area (Å²) in [4.78, 5) is 183. The van der Waals surface area contributed by atoms with E-state index in [2.05, 4.69) is 0 Å². The van der Waals surface area contributed by atoms with Gasteiger partial charge in [-0.1, -0.05) is 36.4 Å². The lowest BCUT2D eigenvalue weighted by atomic mass is 9.31. The van der Waals surface area contributed by atoms with Gasteiger partial charge in [0.2, 0.25) is 0 Å². The Hall–Kier alpha value is -15.6. The molecule has 34 nitrogen and oxygen atoms in total. The Morgan fingerprint density at radius 1 is 0.492 bits per heavy atom. The Morgan fingerprint density at radius 3 is 1.87 bits per heavy atom. The molecule has 3 heterocycles. The monoisotopic (exact) mass is 1770 g/mol. The number of hydrogen-bond acceptors (Lipinski definition) is 26. The number of epoxide rings is 2. The Bertz CT molecular complexity index is 8760. The Morgan fingerprint density at radius 2 is 1.16 bits per heavy atom. The van der Waals surface area contributed by atoms with E-state index >= 15 is 14.4 Å². The number of ether oxygens (including phenoxy) is 12. The van der Waals surface area contributed by atoms with Crippen molar-refractivity contribution >= 4 is 195 Å². The summed E-state index contributed by atoms with van der Waals surface area (Å²) in [5, 5.41) is 103. The van der Waals surface area contributed by atoms with Gasteiger partial charge in [-0.25, -0.2) is 57.5 Å². The molecule has 132 heavy (non-hydrogen) atoms. The molecule has 5 fully saturated rings. The van der Waals surface area contributed by atoms with Gasteiger partial charge < -0.3 is 103 Å². The minimum absolute atomic E-state index is 0.0327. The van der Waals surface area contributed by atoms with Crippen LogP contribution >= 0.6 is 0 Å². The Balaban J connectivity index is 0.894. The number of hydrogen-bond donors (Lipinski definition) is 9. The number of carbonyl (C=O) groups excluding carboxylic acids is 5. The maximum atomic E-state index is 16.6. The number of allylic oxidation sites excluding steroid dienone is 1. The third-order valence-corrected chi connectivity index (χ3v) is 31.9. The molecular formula is C98H50O34. The third kappa shape index (κ3) is 7.22. The van der Waals surface area contributed by atoms with Gasteiger partial charge in [0.25, 0.3) is 0 Å². The largest absolute Gasteiger partial charge is 0.481 e. The van der Waals surface area contributed by atoms with Crippen LogP contribution in [0.1, 0.15) is 104 Å². The number of carbonyl (C=O) groups is 13. The van der Waals surface area contributed by atoms with Gasteiger partial charge in [0.15, 0.2) is 57.5 Å². The van der Waals surface area contributed by atoms with Gasteiger partial charge in [-0.15, -0.1) is 0 Å². The summed E-state index contributed by atoms with van der Waals surface area (Å²) in [6, 6.07) is 14.0. The van der Waals surface area contributed by atoms with Crippen LogP contribution in [0, 0.1) is 23.7 Å². The van der Waals surface area contributed by atoms with Crippen molar-refractivity contribution in [2.24, 2.45) is 23.7 Å². The van der Waals surface area contributed by atoms with Crippen molar-refractivity contribution in [1.29, 1.82) is 0 Å². The standard InChI is InChI=1S/C98H50O34/c99-25-129-95-77-61-42-14-38-58(89(119)126-22-52(110)111)35-2-1-33-36(88(118)125-21-51(108)109)16-44-37-11-31(86(116)123-19-49(104)105)7-26-5-30-9-29-6-27-10-39-60-65-57(27)70(72(29)94(128-24-54(114)115)73(30)71(55(26)37)85-92(44)74(33)63(35)78(64(38)77)96(85,131-92)91(94)95)79(95)68-66(61)59-41(84(42)122-18-48(102)103)15-43-62-67(59)81(69(65)68)98-82(60)75-34(3-4-46-93(75,130-46)76(39)90(120)127-23-53(112)113)45-13-28-8-32(87(117)124-20-50(106)107)12-40(83(43)121-17-47(100)101)56(28)80(62)97(45,98)132-98/h1-16,46,62,67,73,76,85,91,99H,17-25H2,(H,100,101)(H,102,103)(H,104,105)(H,106,107)(H,108,109)(H,110,111)(H,112,113)(H,114,115). The zero-order chi connectivity index (χ0) is 89.8. The van der Waals surface area contributed by atoms with Crippen LogP contribution in [0.3, 0.4) is 0 Å². The van der Waals surface area contributed by atoms with Gasteiger partial charge >= 0.3 is 77.6 Å². The molecule has 2 saturated carbocycles. The summed E-state index contributed by atoms with van der Waals surface area (Å²) < 4.78 is 82.4. The van der Waals surface area contributed by atoms with E-state index in [1.165, 1.54) is 42.5 Å². The molecule has 5 spiro atoms. The molecule has 9 aromatic rings. The lowest BCUT2D eigenvalue weighted by molar-refractivity contribution is -0.393. The van der Waals surface area contributed by atoms with Crippen molar-refractivity contribution in [3.63, 3.8) is 0 Å². The van der Waals surface area contributed by atoms with Crippen molar-refractivity contribution in [2.45, 2.75) is 57.1 Å². The van der Waals surface area contributed by atoms with Gasteiger partial charge in [0, 0.05) is 83.8 Å². The molecular weight excluding hydrogens is 1720 g/mol. The number of rotatable bonds is 26. The molecule has 34 heteroatoms. The molecule has 0 aromatic heterocycles. The maximum Gasteiger partial charge on any atom is 0.341 e. The average Bonchev–Trinajstić information content (AvgIpc) is 1.01. The molecule has 14 atom stereocenters. The first-order valence-corrected chi connectivity index (χ1v) is 42.1. The van der Waals surface area contributed by atoms with Crippen molar-refractivity contribution in [3.05, 3.63) is 215 Å². The van der Waals surface area contributed by atoms with Crippen molar-refractivity contribution in [2.75, 3.05) is 59.6 Å². The predicted octanol–water partition coefficient (Wildman–Crippen LogP) is 1.56. The number of aliphatic carboxylic acids is 8. The Kier molecular flexibility index (Phi) is 12.3. The van der Waals surface area contributed by atoms with Crippen LogP contribution in [0.5, 0.6) is 5.75 Å². The molecule has 2 bridgehead atoms. The van der Waals surface area contributed by atoms with E-state index in [1.807, 2.05) is 30.4 Å². The highest BCUT2D eigenvalue weighted by Gasteiger charge is 2.92. The summed E-state index contributed by atoms with van der Waals surface area (Å²) in [5.74, 6) is -26.4. The lowest BCUT2D eigenvalue weighted by Crippen LogP contribution is -2.84. The summed E-state index contributed by atoms with van der Waals surface area (Å²) in [5.41, 5.74) is -8.22. The van der Waals surface area contributed by atoms with E-state index in [1.54, 1.807) is 24.3 Å². The summed E-state index contributed by atoms with van der Waals surface area (Å²) >= 11 is 0. The second-order valence-corrected chi connectivity index (χ2v) is 36.8. The van der Waals surface area contributed by atoms with Crippen LogP contribution < -0.4 is 41.3 Å². The smallest absolute Gasteiger partial charge is 0.341 e. The van der Waals surface area contributed by atoms with Gasteiger partial charge in [-0.05, 0) is 213 Å². The van der Waals surface area contributed by atoms with Crippen molar-refractivity contribution < 1.29 is 165 Å². The second kappa shape index (κ2) is 22.1. The summed E-state index contributed by atoms with van der Waals surface area (Å²) in [6.45, 7) is -10.3. The van der Waals surface area contributed by atoms with Crippen LogP contribution in [0.2, 0.25) is 0 Å². The first-order chi connectivity index (χ1) is 63.5. The van der Waals surface area contributed by atoms with Gasteiger partial charge in [-0.3, -0.25) is 4.79 Å². The molecule has 3 saturated heterocycles. The van der Waals surface area contributed by atoms with E-state index < -0.39 is 224 Å². The molecule has 30 rings (SSSR count). The van der Waals surface area contributed by atoms with E-state index in [-0.39, 0.29) is 127 Å². The SMILES string of the molecule is O=C(O)COC(=O)C1=CC2=c3cc(C(=O)OCC(=O)O)cc4c3=C3C5C(=C4)C=c4cc6cc7c8c9c%10c%11c%12c(c4C5(OCC(=O)O)C4C%12(OCO)c5c%12c-%11c%11c(c(OCC(=O)O)c%12cc%12c(C(=O)OCC(=O)O)c%13ccc1c1c%13c(c5%12)C45OC21C35)C=C1C(OCC(=O)O)=c2cc(C(=O)OCC(=O)O)cc3c2=C2C1C%11C=%10C14OC21C(=C3)C1=C(C=84)C2(OC2C=C1)C7C(=O)OCC(=O)O)c69. The third-order valence-electron chi connectivity index (χ3n) is 31.9. The molecule has 0 radical (unpaired) electrons. The number of aliphatic hydroxyl groups is 1.